The van der Waals surface area contributed by atoms with E-state index in [-0.39, 0.29) is 0 Å². The van der Waals surface area contributed by atoms with Gasteiger partial charge in [-0.25, -0.2) is 4.98 Å². The van der Waals surface area contributed by atoms with Crippen LogP contribution in [-0.4, -0.2) is 16.5 Å². The number of rotatable bonds is 1. The van der Waals surface area contributed by atoms with Crippen LogP contribution < -0.4 is 4.74 Å². The molecule has 0 unspecified atom stereocenters. The second-order valence-electron chi connectivity index (χ2n) is 2.97. The van der Waals surface area contributed by atoms with E-state index in [0.29, 0.717) is 17.0 Å². The van der Waals surface area contributed by atoms with E-state index in [2.05, 4.69) is 11.1 Å². The second-order valence-corrected chi connectivity index (χ2v) is 2.97. The average Bonchev–Trinajstić information content (AvgIpc) is 2.59. The number of hydrogen-bond donors (Lipinski definition) is 0. The highest BCUT2D eigenvalue weighted by molar-refractivity contribution is 5.62. The molecule has 2 heterocycles. The lowest BCUT2D eigenvalue weighted by Gasteiger charge is -2.04. The maximum Gasteiger partial charge on any atom is 0.181 e. The van der Waals surface area contributed by atoms with E-state index >= 15 is 0 Å². The van der Waals surface area contributed by atoms with E-state index in [1.165, 1.54) is 0 Å². The summed E-state index contributed by atoms with van der Waals surface area (Å²) in [6.45, 7) is 1.95. The number of imidazole rings is 1. The van der Waals surface area contributed by atoms with Gasteiger partial charge in [-0.15, -0.1) is 0 Å². The highest BCUT2D eigenvalue weighted by Gasteiger charge is 2.10. The average molecular weight is 187 g/mol. The molecule has 0 saturated carbocycles. The van der Waals surface area contributed by atoms with Crippen molar-refractivity contribution in [2.24, 2.45) is 0 Å². The first-order valence-electron chi connectivity index (χ1n) is 4.18. The lowest BCUT2D eigenvalue weighted by molar-refractivity contribution is 0.415. The Kier molecular flexibility index (Phi) is 1.86. The van der Waals surface area contributed by atoms with Gasteiger partial charge in [-0.3, -0.25) is 0 Å². The molecule has 0 aliphatic heterocycles. The minimum absolute atomic E-state index is 0.505. The van der Waals surface area contributed by atoms with Crippen molar-refractivity contribution < 1.29 is 4.74 Å². The van der Waals surface area contributed by atoms with Crippen LogP contribution in [0.5, 0.6) is 5.75 Å². The molecule has 0 amide bonds. The van der Waals surface area contributed by atoms with Crippen molar-refractivity contribution in [2.75, 3.05) is 7.11 Å². The van der Waals surface area contributed by atoms with Crippen molar-refractivity contribution in [2.45, 2.75) is 6.92 Å². The SMILES string of the molecule is COc1c(C#N)ccn2c(C)cnc12. The predicted molar refractivity (Wildman–Crippen MR) is 51.2 cm³/mol. The number of aromatic nitrogens is 2. The molecule has 2 aromatic rings. The van der Waals surface area contributed by atoms with Crippen LogP contribution in [0.1, 0.15) is 11.3 Å². The van der Waals surface area contributed by atoms with Crippen LogP contribution in [0, 0.1) is 18.3 Å². The van der Waals surface area contributed by atoms with Crippen LogP contribution in [0.4, 0.5) is 0 Å². The van der Waals surface area contributed by atoms with Crippen molar-refractivity contribution >= 4 is 5.65 Å². The molecule has 0 fully saturated rings. The molecule has 0 spiro atoms. The monoisotopic (exact) mass is 187 g/mol. The summed E-state index contributed by atoms with van der Waals surface area (Å²) in [4.78, 5) is 4.18. The standard InChI is InChI=1S/C10H9N3O/c1-7-6-12-10-9(14-2)8(5-11)3-4-13(7)10/h3-4,6H,1-2H3. The molecule has 2 aromatic heterocycles. The molecular weight excluding hydrogens is 178 g/mol. The second kappa shape index (κ2) is 3.04. The lowest BCUT2D eigenvalue weighted by Crippen LogP contribution is -1.94. The van der Waals surface area contributed by atoms with Gasteiger partial charge in [0.2, 0.25) is 0 Å². The summed E-state index contributed by atoms with van der Waals surface area (Å²) in [5.41, 5.74) is 2.21. The van der Waals surface area contributed by atoms with Crippen molar-refractivity contribution in [3.05, 3.63) is 29.7 Å². The van der Waals surface area contributed by atoms with Gasteiger partial charge in [0.15, 0.2) is 11.4 Å². The van der Waals surface area contributed by atoms with Gasteiger partial charge >= 0.3 is 0 Å². The lowest BCUT2D eigenvalue weighted by atomic mass is 10.2. The fourth-order valence-electron chi connectivity index (χ4n) is 1.44. The van der Waals surface area contributed by atoms with Crippen LogP contribution >= 0.6 is 0 Å². The van der Waals surface area contributed by atoms with Gasteiger partial charge < -0.3 is 9.14 Å². The minimum atomic E-state index is 0.505. The maximum atomic E-state index is 8.85. The Morgan fingerprint density at radius 3 is 3.00 bits per heavy atom. The van der Waals surface area contributed by atoms with Crippen LogP contribution in [0.3, 0.4) is 0 Å². The number of hydrogen-bond acceptors (Lipinski definition) is 3. The van der Waals surface area contributed by atoms with Gasteiger partial charge in [-0.1, -0.05) is 0 Å². The van der Waals surface area contributed by atoms with Gasteiger partial charge in [-0.05, 0) is 13.0 Å². The van der Waals surface area contributed by atoms with E-state index in [4.69, 9.17) is 10.00 Å². The van der Waals surface area contributed by atoms with Crippen molar-refractivity contribution in [1.29, 1.82) is 5.26 Å². The van der Waals surface area contributed by atoms with Crippen LogP contribution in [0.25, 0.3) is 5.65 Å². The summed E-state index contributed by atoms with van der Waals surface area (Å²) >= 11 is 0. The normalized spacial score (nSPS) is 10.1. The molecule has 4 nitrogen and oxygen atoms in total. The third-order valence-electron chi connectivity index (χ3n) is 2.14. The van der Waals surface area contributed by atoms with Crippen LogP contribution in [-0.2, 0) is 0 Å². The highest BCUT2D eigenvalue weighted by atomic mass is 16.5. The molecule has 14 heavy (non-hydrogen) atoms. The Morgan fingerprint density at radius 2 is 2.36 bits per heavy atom. The first kappa shape index (κ1) is 8.57. The van der Waals surface area contributed by atoms with Crippen LogP contribution in [0.15, 0.2) is 18.5 Å². The van der Waals surface area contributed by atoms with E-state index in [0.717, 1.165) is 5.69 Å². The third kappa shape index (κ3) is 1.03. The fraction of sp³-hybridized carbons (Fsp3) is 0.200. The molecule has 0 atom stereocenters. The molecule has 0 N–H and O–H groups in total. The molecule has 0 radical (unpaired) electrons. The number of fused-ring (bicyclic) bond motifs is 1. The largest absolute Gasteiger partial charge is 0.492 e. The van der Waals surface area contributed by atoms with E-state index < -0.39 is 0 Å². The number of nitriles is 1. The summed E-state index contributed by atoms with van der Waals surface area (Å²) in [6.07, 6.45) is 3.57. The summed E-state index contributed by atoms with van der Waals surface area (Å²) in [7, 11) is 1.54. The summed E-state index contributed by atoms with van der Waals surface area (Å²) in [5, 5.41) is 8.85. The predicted octanol–water partition coefficient (Wildman–Crippen LogP) is 1.52. The number of nitrogens with zero attached hydrogens (tertiary/aromatic N) is 3. The molecule has 0 aliphatic rings. The van der Waals surface area contributed by atoms with Crippen LogP contribution in [0.2, 0.25) is 0 Å². The molecule has 0 bridgehead atoms. The smallest absolute Gasteiger partial charge is 0.181 e. The fourth-order valence-corrected chi connectivity index (χ4v) is 1.44. The van der Waals surface area contributed by atoms with Gasteiger partial charge in [0.25, 0.3) is 0 Å². The van der Waals surface area contributed by atoms with Gasteiger partial charge in [0.1, 0.15) is 6.07 Å². The molecular formula is C10H9N3O. The molecule has 4 heteroatoms. The first-order valence-corrected chi connectivity index (χ1v) is 4.18. The molecule has 0 saturated heterocycles. The summed E-state index contributed by atoms with van der Waals surface area (Å²) in [6, 6.07) is 3.79. The van der Waals surface area contributed by atoms with Crippen molar-refractivity contribution in [1.82, 2.24) is 9.38 Å². The third-order valence-corrected chi connectivity index (χ3v) is 2.14. The zero-order valence-corrected chi connectivity index (χ0v) is 7.98. The number of aryl methyl sites for hydroxylation is 1. The van der Waals surface area contributed by atoms with Gasteiger partial charge in [-0.2, -0.15) is 5.26 Å². The number of pyridine rings is 1. The zero-order valence-electron chi connectivity index (χ0n) is 7.98. The number of ether oxygens (including phenoxy) is 1. The Balaban J connectivity index is 2.86. The molecule has 70 valence electrons. The Bertz CT molecular complexity index is 522. The van der Waals surface area contributed by atoms with E-state index in [1.54, 1.807) is 19.4 Å². The Hall–Kier alpha value is -2.02. The quantitative estimate of drug-likeness (QED) is 0.680. The van der Waals surface area contributed by atoms with Crippen molar-refractivity contribution in [3.63, 3.8) is 0 Å². The number of methoxy groups -OCH3 is 1. The topological polar surface area (TPSA) is 50.3 Å². The summed E-state index contributed by atoms with van der Waals surface area (Å²) < 4.78 is 7.05. The van der Waals surface area contributed by atoms with Gasteiger partial charge in [0.05, 0.1) is 12.7 Å². The van der Waals surface area contributed by atoms with Gasteiger partial charge in [0, 0.05) is 18.1 Å². The molecule has 0 aliphatic carbocycles. The zero-order chi connectivity index (χ0) is 10.1. The van der Waals surface area contributed by atoms with E-state index in [9.17, 15) is 0 Å². The molecule has 2 rings (SSSR count). The highest BCUT2D eigenvalue weighted by Crippen LogP contribution is 2.23. The minimum Gasteiger partial charge on any atom is -0.492 e. The Labute approximate surface area is 81.4 Å². The first-order chi connectivity index (χ1) is 6.77. The summed E-state index contributed by atoms with van der Waals surface area (Å²) in [5.74, 6) is 0.531. The van der Waals surface area contributed by atoms with E-state index in [1.807, 2.05) is 17.5 Å². The maximum absolute atomic E-state index is 8.85. The van der Waals surface area contributed by atoms with Crippen molar-refractivity contribution in [3.8, 4) is 11.8 Å². The molecule has 0 aromatic carbocycles. The Morgan fingerprint density at radius 1 is 1.57 bits per heavy atom.